The first kappa shape index (κ1) is 23.9. The van der Waals surface area contributed by atoms with Gasteiger partial charge >= 0.3 is 0 Å². The molecule has 172 valence electrons. The Hall–Kier alpha value is -3.71. The standard InChI is InChI=1S/C26H28N2O5/c1-3-27(17-7-8-18-32-2)25-19-23(15-16-24(25)28(30)31)33-22-13-11-21(12-14-22)26(29)20-9-5-4-6-10-20/h4-6,9-16,19H,3,7-8,17-18H2,1-2H3. The van der Waals surface area contributed by atoms with E-state index >= 15 is 0 Å². The maximum atomic E-state index is 12.6. The molecule has 0 aliphatic rings. The van der Waals surface area contributed by atoms with Crippen LogP contribution in [0.25, 0.3) is 0 Å². The van der Waals surface area contributed by atoms with Gasteiger partial charge < -0.3 is 14.4 Å². The fraction of sp³-hybridized carbons (Fsp3) is 0.269. The molecular formula is C26H28N2O5. The van der Waals surface area contributed by atoms with E-state index in [9.17, 15) is 14.9 Å². The van der Waals surface area contributed by atoms with Crippen molar-refractivity contribution in [2.24, 2.45) is 0 Å². The van der Waals surface area contributed by atoms with Gasteiger partial charge in [0.25, 0.3) is 5.69 Å². The van der Waals surface area contributed by atoms with Crippen LogP contribution in [0.3, 0.4) is 0 Å². The lowest BCUT2D eigenvalue weighted by molar-refractivity contribution is -0.384. The highest BCUT2D eigenvalue weighted by Gasteiger charge is 2.20. The van der Waals surface area contributed by atoms with Crippen LogP contribution in [0.5, 0.6) is 11.5 Å². The van der Waals surface area contributed by atoms with E-state index < -0.39 is 0 Å². The number of carbonyl (C=O) groups is 1. The second kappa shape index (κ2) is 11.8. The van der Waals surface area contributed by atoms with Crippen LogP contribution in [0, 0.1) is 10.1 Å². The number of anilines is 1. The number of ketones is 1. The van der Waals surface area contributed by atoms with Gasteiger partial charge in [0, 0.05) is 50.1 Å². The van der Waals surface area contributed by atoms with E-state index in [-0.39, 0.29) is 16.4 Å². The average molecular weight is 449 g/mol. The Morgan fingerprint density at radius 3 is 2.24 bits per heavy atom. The minimum atomic E-state index is -0.374. The summed E-state index contributed by atoms with van der Waals surface area (Å²) in [4.78, 5) is 25.8. The predicted molar refractivity (Wildman–Crippen MR) is 128 cm³/mol. The Kier molecular flexibility index (Phi) is 8.55. The molecule has 7 heteroatoms. The van der Waals surface area contributed by atoms with E-state index in [4.69, 9.17) is 9.47 Å². The maximum Gasteiger partial charge on any atom is 0.292 e. The summed E-state index contributed by atoms with van der Waals surface area (Å²) in [7, 11) is 1.66. The van der Waals surface area contributed by atoms with Gasteiger partial charge in [-0.05, 0) is 50.1 Å². The third kappa shape index (κ3) is 6.40. The number of benzene rings is 3. The van der Waals surface area contributed by atoms with Crippen LogP contribution in [0.4, 0.5) is 11.4 Å². The van der Waals surface area contributed by atoms with Gasteiger partial charge in [0.05, 0.1) is 4.92 Å². The summed E-state index contributed by atoms with van der Waals surface area (Å²) in [6.07, 6.45) is 1.74. The van der Waals surface area contributed by atoms with Gasteiger partial charge in [-0.2, -0.15) is 0 Å². The molecule has 0 spiro atoms. The monoisotopic (exact) mass is 448 g/mol. The molecule has 0 bridgehead atoms. The zero-order chi connectivity index (χ0) is 23.6. The predicted octanol–water partition coefficient (Wildman–Crippen LogP) is 5.87. The number of hydrogen-bond donors (Lipinski definition) is 0. The topological polar surface area (TPSA) is 81.9 Å². The van der Waals surface area contributed by atoms with E-state index in [1.54, 1.807) is 55.6 Å². The molecule has 3 rings (SSSR count). The lowest BCUT2D eigenvalue weighted by Crippen LogP contribution is -2.25. The maximum absolute atomic E-state index is 12.6. The molecule has 0 fully saturated rings. The summed E-state index contributed by atoms with van der Waals surface area (Å²) in [5.74, 6) is 0.975. The molecule has 0 radical (unpaired) electrons. The van der Waals surface area contributed by atoms with Crippen molar-refractivity contribution in [3.05, 3.63) is 94.0 Å². The minimum absolute atomic E-state index is 0.0414. The van der Waals surface area contributed by atoms with Crippen LogP contribution in [0.1, 0.15) is 35.7 Å². The first-order valence-electron chi connectivity index (χ1n) is 10.9. The van der Waals surface area contributed by atoms with E-state index in [1.165, 1.54) is 6.07 Å². The van der Waals surface area contributed by atoms with Gasteiger partial charge in [0.1, 0.15) is 17.2 Å². The number of unbranched alkanes of at least 4 members (excludes halogenated alkanes) is 1. The molecule has 0 saturated carbocycles. The van der Waals surface area contributed by atoms with Crippen molar-refractivity contribution < 1.29 is 19.2 Å². The van der Waals surface area contributed by atoms with Crippen LogP contribution >= 0.6 is 0 Å². The van der Waals surface area contributed by atoms with Crippen LogP contribution < -0.4 is 9.64 Å². The van der Waals surface area contributed by atoms with E-state index in [0.717, 1.165) is 12.8 Å². The van der Waals surface area contributed by atoms with Crippen LogP contribution in [0.15, 0.2) is 72.8 Å². The number of ether oxygens (including phenoxy) is 2. The first-order valence-corrected chi connectivity index (χ1v) is 10.9. The quantitative estimate of drug-likeness (QED) is 0.149. The van der Waals surface area contributed by atoms with Crippen molar-refractivity contribution >= 4 is 17.2 Å². The van der Waals surface area contributed by atoms with Crippen molar-refractivity contribution in [2.75, 3.05) is 31.7 Å². The molecule has 0 amide bonds. The van der Waals surface area contributed by atoms with Crippen LogP contribution in [-0.4, -0.2) is 37.5 Å². The van der Waals surface area contributed by atoms with E-state index in [0.29, 0.717) is 48.0 Å². The highest BCUT2D eigenvalue weighted by Crippen LogP contribution is 2.34. The molecule has 0 aromatic heterocycles. The Labute approximate surface area is 193 Å². The molecule has 0 saturated heterocycles. The second-order valence-electron chi connectivity index (χ2n) is 7.51. The Morgan fingerprint density at radius 1 is 0.939 bits per heavy atom. The largest absolute Gasteiger partial charge is 0.457 e. The Morgan fingerprint density at radius 2 is 1.61 bits per heavy atom. The van der Waals surface area contributed by atoms with Crippen molar-refractivity contribution in [1.29, 1.82) is 0 Å². The van der Waals surface area contributed by atoms with Crippen molar-refractivity contribution in [2.45, 2.75) is 19.8 Å². The van der Waals surface area contributed by atoms with Gasteiger partial charge in [-0.15, -0.1) is 0 Å². The van der Waals surface area contributed by atoms with E-state index in [2.05, 4.69) is 0 Å². The van der Waals surface area contributed by atoms with Gasteiger partial charge in [0.2, 0.25) is 0 Å². The molecule has 7 nitrogen and oxygen atoms in total. The number of nitro groups is 1. The summed E-state index contributed by atoms with van der Waals surface area (Å²) in [6.45, 7) is 3.94. The second-order valence-corrected chi connectivity index (χ2v) is 7.51. The van der Waals surface area contributed by atoms with Gasteiger partial charge in [-0.3, -0.25) is 14.9 Å². The molecule has 0 aliphatic carbocycles. The molecule has 0 atom stereocenters. The molecule has 3 aromatic carbocycles. The molecule has 0 heterocycles. The molecule has 0 unspecified atom stereocenters. The minimum Gasteiger partial charge on any atom is -0.457 e. The van der Waals surface area contributed by atoms with Crippen molar-refractivity contribution in [1.82, 2.24) is 0 Å². The highest BCUT2D eigenvalue weighted by atomic mass is 16.6. The molecule has 33 heavy (non-hydrogen) atoms. The van der Waals surface area contributed by atoms with Crippen LogP contribution in [-0.2, 0) is 4.74 Å². The summed E-state index contributed by atoms with van der Waals surface area (Å²) < 4.78 is 11.0. The molecule has 0 N–H and O–H groups in total. The fourth-order valence-electron chi connectivity index (χ4n) is 3.54. The number of carbonyl (C=O) groups excluding carboxylic acids is 1. The van der Waals surface area contributed by atoms with Gasteiger partial charge in [0.15, 0.2) is 5.78 Å². The number of nitro benzene ring substituents is 1. The third-order valence-electron chi connectivity index (χ3n) is 5.28. The van der Waals surface area contributed by atoms with E-state index in [1.807, 2.05) is 30.0 Å². The Balaban J connectivity index is 1.77. The molecule has 3 aromatic rings. The highest BCUT2D eigenvalue weighted by molar-refractivity contribution is 6.08. The summed E-state index contributed by atoms with van der Waals surface area (Å²) >= 11 is 0. The molecule has 0 aliphatic heterocycles. The number of hydrogen-bond acceptors (Lipinski definition) is 6. The fourth-order valence-corrected chi connectivity index (χ4v) is 3.54. The zero-order valence-corrected chi connectivity index (χ0v) is 18.9. The smallest absolute Gasteiger partial charge is 0.292 e. The molecular weight excluding hydrogens is 420 g/mol. The normalized spacial score (nSPS) is 10.6. The lowest BCUT2D eigenvalue weighted by Gasteiger charge is -2.23. The summed E-state index contributed by atoms with van der Waals surface area (Å²) in [5.41, 5.74) is 1.75. The number of methoxy groups -OCH3 is 1. The van der Waals surface area contributed by atoms with Crippen molar-refractivity contribution in [3.8, 4) is 11.5 Å². The third-order valence-corrected chi connectivity index (χ3v) is 5.28. The lowest BCUT2D eigenvalue weighted by atomic mass is 10.0. The summed E-state index contributed by atoms with van der Waals surface area (Å²) in [6, 6.07) is 20.7. The first-order chi connectivity index (χ1) is 16.0. The van der Waals surface area contributed by atoms with Gasteiger partial charge in [-0.25, -0.2) is 0 Å². The summed E-state index contributed by atoms with van der Waals surface area (Å²) in [5, 5.41) is 11.6. The van der Waals surface area contributed by atoms with Crippen LogP contribution in [0.2, 0.25) is 0 Å². The zero-order valence-electron chi connectivity index (χ0n) is 18.9. The Bertz CT molecular complexity index is 1070. The van der Waals surface area contributed by atoms with Gasteiger partial charge in [-0.1, -0.05) is 30.3 Å². The number of rotatable bonds is 12. The average Bonchev–Trinajstić information content (AvgIpc) is 2.84. The SMILES string of the molecule is CCN(CCCCOC)c1cc(Oc2ccc(C(=O)c3ccccc3)cc2)ccc1[N+](=O)[O-]. The number of nitrogens with zero attached hydrogens (tertiary/aromatic N) is 2. The van der Waals surface area contributed by atoms with Crippen molar-refractivity contribution in [3.63, 3.8) is 0 Å².